The van der Waals surface area contributed by atoms with Crippen LogP contribution in [0.5, 0.6) is 0 Å². The molecule has 1 aromatic rings. The van der Waals surface area contributed by atoms with Crippen LogP contribution < -0.4 is 5.32 Å². The Labute approximate surface area is 103 Å². The second kappa shape index (κ2) is 5.84. The summed E-state index contributed by atoms with van der Waals surface area (Å²) < 4.78 is 37.3. The van der Waals surface area contributed by atoms with Gasteiger partial charge in [-0.15, -0.1) is 0 Å². The lowest BCUT2D eigenvalue weighted by atomic mass is 10.1. The number of rotatable bonds is 4. The Morgan fingerprint density at radius 3 is 2.72 bits per heavy atom. The van der Waals surface area contributed by atoms with Gasteiger partial charge in [-0.2, -0.15) is 13.2 Å². The molecule has 0 aliphatic heterocycles. The highest BCUT2D eigenvalue weighted by Gasteiger charge is 2.30. The van der Waals surface area contributed by atoms with E-state index in [1.807, 2.05) is 6.92 Å². The van der Waals surface area contributed by atoms with Crippen molar-refractivity contribution in [2.75, 3.05) is 5.32 Å². The standard InChI is InChI=1S/C12H15F3N2O/c1-3-4-8(2)11(18)17-10-7-9(5-6-16-10)12(13,14)15/h5-8H,3-4H2,1-2H3,(H,16,17,18). The molecule has 1 rings (SSSR count). The van der Waals surface area contributed by atoms with Gasteiger partial charge in [-0.1, -0.05) is 20.3 Å². The number of aromatic nitrogens is 1. The number of nitrogens with zero attached hydrogens (tertiary/aromatic N) is 1. The summed E-state index contributed by atoms with van der Waals surface area (Å²) >= 11 is 0. The molecule has 1 aromatic heterocycles. The number of alkyl halides is 3. The predicted molar refractivity (Wildman–Crippen MR) is 61.9 cm³/mol. The van der Waals surface area contributed by atoms with Gasteiger partial charge in [0.25, 0.3) is 0 Å². The number of amides is 1. The first-order valence-corrected chi connectivity index (χ1v) is 5.68. The van der Waals surface area contributed by atoms with Crippen LogP contribution >= 0.6 is 0 Å². The zero-order chi connectivity index (χ0) is 13.8. The molecule has 1 N–H and O–H groups in total. The van der Waals surface area contributed by atoms with Crippen LogP contribution in [0, 0.1) is 5.92 Å². The van der Waals surface area contributed by atoms with Crippen molar-refractivity contribution in [3.8, 4) is 0 Å². The zero-order valence-electron chi connectivity index (χ0n) is 10.2. The molecular weight excluding hydrogens is 245 g/mol. The minimum Gasteiger partial charge on any atom is -0.310 e. The van der Waals surface area contributed by atoms with Gasteiger partial charge in [0, 0.05) is 12.1 Å². The fourth-order valence-electron chi connectivity index (χ4n) is 1.49. The molecule has 100 valence electrons. The Balaban J connectivity index is 2.77. The maximum absolute atomic E-state index is 12.4. The van der Waals surface area contributed by atoms with E-state index >= 15 is 0 Å². The molecule has 0 saturated heterocycles. The van der Waals surface area contributed by atoms with E-state index in [1.165, 1.54) is 0 Å². The van der Waals surface area contributed by atoms with Crippen molar-refractivity contribution in [1.82, 2.24) is 4.98 Å². The van der Waals surface area contributed by atoms with Gasteiger partial charge in [0.1, 0.15) is 5.82 Å². The highest BCUT2D eigenvalue weighted by atomic mass is 19.4. The Morgan fingerprint density at radius 2 is 2.17 bits per heavy atom. The largest absolute Gasteiger partial charge is 0.416 e. The van der Waals surface area contributed by atoms with E-state index in [9.17, 15) is 18.0 Å². The normalized spacial score (nSPS) is 13.2. The molecule has 0 aromatic carbocycles. The molecule has 0 aliphatic carbocycles. The Bertz CT molecular complexity index is 418. The number of carbonyl (C=O) groups is 1. The molecule has 1 atom stereocenters. The fourth-order valence-corrected chi connectivity index (χ4v) is 1.49. The molecule has 0 fully saturated rings. The van der Waals surface area contributed by atoms with Gasteiger partial charge in [0.05, 0.1) is 5.56 Å². The summed E-state index contributed by atoms with van der Waals surface area (Å²) in [5.41, 5.74) is -0.823. The summed E-state index contributed by atoms with van der Waals surface area (Å²) in [5, 5.41) is 2.39. The SMILES string of the molecule is CCCC(C)C(=O)Nc1cc(C(F)(F)F)ccn1. The molecule has 0 saturated carbocycles. The van der Waals surface area contributed by atoms with E-state index < -0.39 is 11.7 Å². The van der Waals surface area contributed by atoms with Crippen LogP contribution in [0.2, 0.25) is 0 Å². The van der Waals surface area contributed by atoms with Crippen LogP contribution in [-0.2, 0) is 11.0 Å². The van der Waals surface area contributed by atoms with E-state index in [2.05, 4.69) is 10.3 Å². The van der Waals surface area contributed by atoms with E-state index in [0.29, 0.717) is 6.42 Å². The minimum atomic E-state index is -4.43. The Kier molecular flexibility index (Phi) is 4.69. The summed E-state index contributed by atoms with van der Waals surface area (Å²) in [6.07, 6.45) is -1.88. The first kappa shape index (κ1) is 14.5. The maximum Gasteiger partial charge on any atom is 0.416 e. The van der Waals surface area contributed by atoms with E-state index in [1.54, 1.807) is 6.92 Å². The number of halogens is 3. The second-order valence-electron chi connectivity index (χ2n) is 4.11. The molecule has 18 heavy (non-hydrogen) atoms. The lowest BCUT2D eigenvalue weighted by molar-refractivity contribution is -0.137. The number of anilines is 1. The van der Waals surface area contributed by atoms with Crippen molar-refractivity contribution in [2.45, 2.75) is 32.9 Å². The van der Waals surface area contributed by atoms with Gasteiger partial charge >= 0.3 is 6.18 Å². The minimum absolute atomic E-state index is 0.0715. The third kappa shape index (κ3) is 4.01. The molecule has 0 radical (unpaired) electrons. The molecule has 0 aliphatic rings. The van der Waals surface area contributed by atoms with E-state index in [-0.39, 0.29) is 17.6 Å². The van der Waals surface area contributed by atoms with Crippen molar-refractivity contribution in [3.05, 3.63) is 23.9 Å². The van der Waals surface area contributed by atoms with Crippen molar-refractivity contribution < 1.29 is 18.0 Å². The van der Waals surface area contributed by atoms with Gasteiger partial charge in [0.15, 0.2) is 0 Å². The Hall–Kier alpha value is -1.59. The van der Waals surface area contributed by atoms with Crippen LogP contribution in [-0.4, -0.2) is 10.9 Å². The third-order valence-corrected chi connectivity index (χ3v) is 2.51. The van der Waals surface area contributed by atoms with E-state index in [0.717, 1.165) is 24.8 Å². The number of hydrogen-bond donors (Lipinski definition) is 1. The average Bonchev–Trinajstić information content (AvgIpc) is 2.28. The predicted octanol–water partition coefficient (Wildman–Crippen LogP) is 3.48. The molecule has 3 nitrogen and oxygen atoms in total. The highest BCUT2D eigenvalue weighted by molar-refractivity contribution is 5.91. The second-order valence-corrected chi connectivity index (χ2v) is 4.11. The third-order valence-electron chi connectivity index (χ3n) is 2.51. The smallest absolute Gasteiger partial charge is 0.310 e. The maximum atomic E-state index is 12.4. The lowest BCUT2D eigenvalue weighted by Crippen LogP contribution is -2.21. The molecule has 0 spiro atoms. The van der Waals surface area contributed by atoms with E-state index in [4.69, 9.17) is 0 Å². The van der Waals surface area contributed by atoms with Crippen LogP contribution in [0.25, 0.3) is 0 Å². The number of pyridine rings is 1. The molecule has 6 heteroatoms. The monoisotopic (exact) mass is 260 g/mol. The quantitative estimate of drug-likeness (QED) is 0.900. The van der Waals surface area contributed by atoms with Gasteiger partial charge in [-0.05, 0) is 18.6 Å². The first-order chi connectivity index (χ1) is 8.34. The Morgan fingerprint density at radius 1 is 1.50 bits per heavy atom. The van der Waals surface area contributed by atoms with Gasteiger partial charge in [-0.3, -0.25) is 4.79 Å². The number of carbonyl (C=O) groups excluding carboxylic acids is 1. The van der Waals surface area contributed by atoms with Crippen LogP contribution in [0.3, 0.4) is 0 Å². The molecule has 1 heterocycles. The van der Waals surface area contributed by atoms with Crippen molar-refractivity contribution >= 4 is 11.7 Å². The summed E-state index contributed by atoms with van der Waals surface area (Å²) in [7, 11) is 0. The first-order valence-electron chi connectivity index (χ1n) is 5.68. The van der Waals surface area contributed by atoms with Crippen molar-refractivity contribution in [3.63, 3.8) is 0 Å². The van der Waals surface area contributed by atoms with Crippen molar-refractivity contribution in [2.24, 2.45) is 5.92 Å². The molecule has 1 amide bonds. The summed E-state index contributed by atoms with van der Waals surface area (Å²) in [5.74, 6) is -0.632. The van der Waals surface area contributed by atoms with Gasteiger partial charge in [-0.25, -0.2) is 4.98 Å². The zero-order valence-corrected chi connectivity index (χ0v) is 10.2. The summed E-state index contributed by atoms with van der Waals surface area (Å²) in [6.45, 7) is 3.67. The number of nitrogens with one attached hydrogen (secondary N) is 1. The van der Waals surface area contributed by atoms with Crippen molar-refractivity contribution in [1.29, 1.82) is 0 Å². The topological polar surface area (TPSA) is 42.0 Å². The number of hydrogen-bond acceptors (Lipinski definition) is 2. The van der Waals surface area contributed by atoms with Gasteiger partial charge in [0.2, 0.25) is 5.91 Å². The average molecular weight is 260 g/mol. The molecular formula is C12H15F3N2O. The van der Waals surface area contributed by atoms with Crippen LogP contribution in [0.1, 0.15) is 32.3 Å². The van der Waals surface area contributed by atoms with Crippen LogP contribution in [0.4, 0.5) is 19.0 Å². The highest BCUT2D eigenvalue weighted by Crippen LogP contribution is 2.29. The molecule has 0 bridgehead atoms. The van der Waals surface area contributed by atoms with Crippen LogP contribution in [0.15, 0.2) is 18.3 Å². The summed E-state index contributed by atoms with van der Waals surface area (Å²) in [4.78, 5) is 15.3. The molecule has 1 unspecified atom stereocenters. The fraction of sp³-hybridized carbons (Fsp3) is 0.500. The lowest BCUT2D eigenvalue weighted by Gasteiger charge is -2.12. The van der Waals surface area contributed by atoms with Gasteiger partial charge < -0.3 is 5.32 Å². The summed E-state index contributed by atoms with van der Waals surface area (Å²) in [6, 6.07) is 1.70.